The molecule has 0 heterocycles. The van der Waals surface area contributed by atoms with Crippen molar-refractivity contribution in [3.8, 4) is 0 Å². The predicted molar refractivity (Wildman–Crippen MR) is 69.3 cm³/mol. The van der Waals surface area contributed by atoms with Gasteiger partial charge in [0.1, 0.15) is 0 Å². The number of rotatable bonds is 6. The quantitative estimate of drug-likeness (QED) is 0.698. The monoisotopic (exact) mass is 225 g/mol. The fraction of sp³-hybridized carbons (Fsp3) is 0.846. The van der Waals surface area contributed by atoms with Gasteiger partial charge in [-0.3, -0.25) is 0 Å². The lowest BCUT2D eigenvalue weighted by molar-refractivity contribution is 0.387. The van der Waals surface area contributed by atoms with Gasteiger partial charge in [0.15, 0.2) is 0 Å². The molecule has 2 aliphatic rings. The van der Waals surface area contributed by atoms with Crippen molar-refractivity contribution in [2.45, 2.75) is 32.2 Å². The molecular weight excluding hydrogens is 202 g/mol. The molecule has 0 amide bonds. The van der Waals surface area contributed by atoms with Gasteiger partial charge in [-0.1, -0.05) is 12.2 Å². The smallest absolute Gasteiger partial charge is 0.00466 e. The molecule has 1 nitrogen and oxygen atoms in total. The van der Waals surface area contributed by atoms with Crippen LogP contribution in [0.4, 0.5) is 0 Å². The number of allylic oxidation sites excluding steroid dienone is 2. The summed E-state index contributed by atoms with van der Waals surface area (Å²) < 4.78 is 0. The van der Waals surface area contributed by atoms with Crippen LogP contribution in [0, 0.1) is 17.8 Å². The SMILES string of the molecule is CSCCC(C)NCC1CC2C=CC1C2. The van der Waals surface area contributed by atoms with Crippen LogP contribution < -0.4 is 5.32 Å². The van der Waals surface area contributed by atoms with Crippen molar-refractivity contribution < 1.29 is 0 Å². The number of hydrogen-bond donors (Lipinski definition) is 1. The van der Waals surface area contributed by atoms with Crippen molar-refractivity contribution in [1.29, 1.82) is 0 Å². The highest BCUT2D eigenvalue weighted by atomic mass is 32.2. The maximum absolute atomic E-state index is 3.70. The highest BCUT2D eigenvalue weighted by molar-refractivity contribution is 7.98. The van der Waals surface area contributed by atoms with Gasteiger partial charge < -0.3 is 5.32 Å². The van der Waals surface area contributed by atoms with Crippen molar-refractivity contribution >= 4 is 11.8 Å². The second-order valence-electron chi connectivity index (χ2n) is 5.13. The van der Waals surface area contributed by atoms with Gasteiger partial charge in [0.05, 0.1) is 0 Å². The van der Waals surface area contributed by atoms with E-state index in [1.807, 2.05) is 11.8 Å². The number of nitrogens with one attached hydrogen (secondary N) is 1. The van der Waals surface area contributed by atoms with E-state index in [9.17, 15) is 0 Å². The van der Waals surface area contributed by atoms with Crippen LogP contribution in [0.5, 0.6) is 0 Å². The summed E-state index contributed by atoms with van der Waals surface area (Å²) in [6, 6.07) is 0.695. The molecule has 4 unspecified atom stereocenters. The third-order valence-electron chi connectivity index (χ3n) is 3.90. The van der Waals surface area contributed by atoms with Gasteiger partial charge in [-0.2, -0.15) is 11.8 Å². The molecule has 0 aliphatic heterocycles. The zero-order valence-corrected chi connectivity index (χ0v) is 10.7. The highest BCUT2D eigenvalue weighted by Crippen LogP contribution is 2.42. The lowest BCUT2D eigenvalue weighted by Gasteiger charge is -2.21. The van der Waals surface area contributed by atoms with Gasteiger partial charge in [-0.05, 0) is 62.5 Å². The van der Waals surface area contributed by atoms with Crippen molar-refractivity contribution in [3.05, 3.63) is 12.2 Å². The van der Waals surface area contributed by atoms with E-state index < -0.39 is 0 Å². The van der Waals surface area contributed by atoms with Crippen LogP contribution in [0.2, 0.25) is 0 Å². The Bertz CT molecular complexity index is 227. The molecule has 15 heavy (non-hydrogen) atoms. The van der Waals surface area contributed by atoms with Crippen molar-refractivity contribution in [2.24, 2.45) is 17.8 Å². The molecule has 4 atom stereocenters. The molecule has 1 N–H and O–H groups in total. The summed E-state index contributed by atoms with van der Waals surface area (Å²) in [5.74, 6) is 4.03. The molecule has 0 spiro atoms. The molecule has 0 aromatic heterocycles. The number of thioether (sulfide) groups is 1. The van der Waals surface area contributed by atoms with Crippen LogP contribution in [-0.4, -0.2) is 24.6 Å². The zero-order valence-electron chi connectivity index (χ0n) is 9.91. The molecule has 0 aromatic carbocycles. The Morgan fingerprint density at radius 1 is 1.40 bits per heavy atom. The van der Waals surface area contributed by atoms with E-state index in [0.717, 1.165) is 17.8 Å². The largest absolute Gasteiger partial charge is 0.314 e. The molecule has 86 valence electrons. The normalized spacial score (nSPS) is 34.9. The average molecular weight is 225 g/mol. The second kappa shape index (κ2) is 5.40. The lowest BCUT2D eigenvalue weighted by Crippen LogP contribution is -2.33. The molecule has 1 saturated carbocycles. The van der Waals surface area contributed by atoms with E-state index in [-0.39, 0.29) is 0 Å². The standard InChI is InChI=1S/C13H23NS/c1-10(5-6-15-2)14-9-13-8-11-3-4-12(13)7-11/h3-4,10-14H,5-9H2,1-2H3. The summed E-state index contributed by atoms with van der Waals surface area (Å²) in [4.78, 5) is 0. The third-order valence-corrected chi connectivity index (χ3v) is 4.54. The third kappa shape index (κ3) is 3.01. The van der Waals surface area contributed by atoms with E-state index in [1.165, 1.54) is 31.6 Å². The molecule has 0 aromatic rings. The minimum Gasteiger partial charge on any atom is -0.314 e. The lowest BCUT2D eigenvalue weighted by atomic mass is 9.93. The Labute approximate surface area is 98.1 Å². The van der Waals surface area contributed by atoms with E-state index in [1.54, 1.807) is 0 Å². The zero-order chi connectivity index (χ0) is 10.7. The van der Waals surface area contributed by atoms with Crippen LogP contribution in [0.3, 0.4) is 0 Å². The number of fused-ring (bicyclic) bond motifs is 2. The first kappa shape index (κ1) is 11.5. The Balaban J connectivity index is 1.64. The van der Waals surface area contributed by atoms with E-state index in [0.29, 0.717) is 6.04 Å². The highest BCUT2D eigenvalue weighted by Gasteiger charge is 2.35. The van der Waals surface area contributed by atoms with Gasteiger partial charge in [0.2, 0.25) is 0 Å². The van der Waals surface area contributed by atoms with Gasteiger partial charge in [0.25, 0.3) is 0 Å². The first-order valence-corrected chi connectivity index (χ1v) is 7.59. The minimum atomic E-state index is 0.695. The topological polar surface area (TPSA) is 12.0 Å². The molecule has 2 bridgehead atoms. The van der Waals surface area contributed by atoms with Crippen LogP contribution in [0.15, 0.2) is 12.2 Å². The average Bonchev–Trinajstić information content (AvgIpc) is 2.84. The van der Waals surface area contributed by atoms with E-state index in [4.69, 9.17) is 0 Å². The molecule has 0 radical (unpaired) electrons. The fourth-order valence-corrected chi connectivity index (χ4v) is 3.47. The summed E-state index contributed by atoms with van der Waals surface area (Å²) in [6.45, 7) is 3.56. The van der Waals surface area contributed by atoms with Crippen molar-refractivity contribution in [1.82, 2.24) is 5.32 Å². The van der Waals surface area contributed by atoms with Gasteiger partial charge >= 0.3 is 0 Å². The Kier molecular flexibility index (Phi) is 4.15. The maximum Gasteiger partial charge on any atom is 0.00466 e. The minimum absolute atomic E-state index is 0.695. The van der Waals surface area contributed by atoms with Crippen LogP contribution in [0.1, 0.15) is 26.2 Å². The Hall–Kier alpha value is 0.0500. The molecular formula is C13H23NS. The predicted octanol–water partition coefficient (Wildman–Crippen LogP) is 2.93. The molecule has 0 saturated heterocycles. The molecule has 2 rings (SSSR count). The summed E-state index contributed by atoms with van der Waals surface area (Å²) >= 11 is 1.95. The Morgan fingerprint density at radius 3 is 2.87 bits per heavy atom. The molecule has 2 heteroatoms. The van der Waals surface area contributed by atoms with Gasteiger partial charge in [-0.15, -0.1) is 0 Å². The molecule has 1 fully saturated rings. The van der Waals surface area contributed by atoms with Crippen LogP contribution in [0.25, 0.3) is 0 Å². The first-order valence-electron chi connectivity index (χ1n) is 6.20. The van der Waals surface area contributed by atoms with Gasteiger partial charge in [0, 0.05) is 6.04 Å². The van der Waals surface area contributed by atoms with Crippen LogP contribution in [-0.2, 0) is 0 Å². The Morgan fingerprint density at radius 2 is 2.27 bits per heavy atom. The van der Waals surface area contributed by atoms with E-state index in [2.05, 4.69) is 30.6 Å². The summed E-state index contributed by atoms with van der Waals surface area (Å²) in [5.41, 5.74) is 0. The second-order valence-corrected chi connectivity index (χ2v) is 6.12. The first-order chi connectivity index (χ1) is 7.29. The summed E-state index contributed by atoms with van der Waals surface area (Å²) in [7, 11) is 0. The van der Waals surface area contributed by atoms with Crippen molar-refractivity contribution in [3.63, 3.8) is 0 Å². The maximum atomic E-state index is 3.70. The van der Waals surface area contributed by atoms with Gasteiger partial charge in [-0.25, -0.2) is 0 Å². The summed E-state index contributed by atoms with van der Waals surface area (Å²) in [6.07, 6.45) is 11.2. The number of hydrogen-bond acceptors (Lipinski definition) is 2. The summed E-state index contributed by atoms with van der Waals surface area (Å²) in [5, 5.41) is 3.70. The van der Waals surface area contributed by atoms with Crippen LogP contribution >= 0.6 is 11.8 Å². The molecule has 2 aliphatic carbocycles. The fourth-order valence-electron chi connectivity index (χ4n) is 2.88. The van der Waals surface area contributed by atoms with Crippen molar-refractivity contribution in [2.75, 3.05) is 18.6 Å². The van der Waals surface area contributed by atoms with E-state index >= 15 is 0 Å².